The van der Waals surface area contributed by atoms with Crippen molar-refractivity contribution in [3.05, 3.63) is 0 Å². The van der Waals surface area contributed by atoms with E-state index in [2.05, 4.69) is 0 Å². The van der Waals surface area contributed by atoms with Crippen molar-refractivity contribution in [2.24, 2.45) is 17.7 Å². The summed E-state index contributed by atoms with van der Waals surface area (Å²) < 4.78 is 0. The number of amides is 1. The first-order valence-electron chi connectivity index (χ1n) is 8.14. The highest BCUT2D eigenvalue weighted by atomic mass is 16.3. The van der Waals surface area contributed by atoms with Gasteiger partial charge < -0.3 is 10.2 Å². The molecule has 2 atom stereocenters. The fraction of sp³-hybridized carbons (Fsp3) is 0.938. The zero-order valence-corrected chi connectivity index (χ0v) is 13.7. The lowest BCUT2D eigenvalue weighted by molar-refractivity contribution is -0.144. The highest BCUT2D eigenvalue weighted by Gasteiger charge is 2.36. The van der Waals surface area contributed by atoms with Crippen molar-refractivity contribution in [1.29, 1.82) is 0 Å². The van der Waals surface area contributed by atoms with Gasteiger partial charge in [-0.2, -0.15) is 0 Å². The molecule has 0 saturated heterocycles. The van der Waals surface area contributed by atoms with Crippen LogP contribution in [-0.4, -0.2) is 39.9 Å². The standard InChI is InChI=1S/C16H32N2O3/c1-16(2,21)14(15(20)18(3)17)11-13(19)10-9-12-7-5-4-6-8-12/h12-14,19,21H,4-11,17H2,1-3H3. The number of nitrogens with two attached hydrogens (primary N) is 1. The van der Waals surface area contributed by atoms with Crippen LogP contribution in [-0.2, 0) is 4.79 Å². The Morgan fingerprint density at radius 3 is 2.38 bits per heavy atom. The van der Waals surface area contributed by atoms with Crippen molar-refractivity contribution in [1.82, 2.24) is 5.01 Å². The van der Waals surface area contributed by atoms with E-state index in [4.69, 9.17) is 5.84 Å². The van der Waals surface area contributed by atoms with E-state index in [9.17, 15) is 15.0 Å². The summed E-state index contributed by atoms with van der Waals surface area (Å²) in [6.45, 7) is 3.18. The largest absolute Gasteiger partial charge is 0.393 e. The molecule has 0 aromatic rings. The van der Waals surface area contributed by atoms with Crippen molar-refractivity contribution in [2.75, 3.05) is 7.05 Å². The average molecular weight is 300 g/mol. The quantitative estimate of drug-likeness (QED) is 0.380. The first-order chi connectivity index (χ1) is 9.71. The molecule has 0 aromatic heterocycles. The Balaban J connectivity index is 2.47. The molecule has 1 amide bonds. The summed E-state index contributed by atoms with van der Waals surface area (Å²) in [5.74, 6) is 5.19. The molecule has 1 aliphatic carbocycles. The van der Waals surface area contributed by atoms with E-state index in [1.165, 1.54) is 39.2 Å². The van der Waals surface area contributed by atoms with Crippen LogP contribution in [0.1, 0.15) is 65.2 Å². The monoisotopic (exact) mass is 300 g/mol. The second-order valence-electron chi connectivity index (χ2n) is 7.13. The van der Waals surface area contributed by atoms with Crippen LogP contribution < -0.4 is 5.84 Å². The maximum absolute atomic E-state index is 12.1. The van der Waals surface area contributed by atoms with Crippen LogP contribution >= 0.6 is 0 Å². The number of aliphatic hydroxyl groups excluding tert-OH is 1. The van der Waals surface area contributed by atoms with Crippen LogP contribution in [0.4, 0.5) is 0 Å². The van der Waals surface area contributed by atoms with Gasteiger partial charge in [0.25, 0.3) is 0 Å². The van der Waals surface area contributed by atoms with Crippen LogP contribution in [0.5, 0.6) is 0 Å². The van der Waals surface area contributed by atoms with Gasteiger partial charge in [0, 0.05) is 7.05 Å². The predicted molar refractivity (Wildman–Crippen MR) is 83.2 cm³/mol. The Morgan fingerprint density at radius 2 is 1.90 bits per heavy atom. The average Bonchev–Trinajstić information content (AvgIpc) is 2.41. The molecule has 1 saturated carbocycles. The molecular weight excluding hydrogens is 268 g/mol. The molecule has 0 aromatic carbocycles. The first-order valence-corrected chi connectivity index (χ1v) is 8.14. The molecule has 1 fully saturated rings. The summed E-state index contributed by atoms with van der Waals surface area (Å²) in [5, 5.41) is 21.4. The molecule has 21 heavy (non-hydrogen) atoms. The lowest BCUT2D eigenvalue weighted by Crippen LogP contribution is -2.47. The third-order valence-corrected chi connectivity index (χ3v) is 4.64. The molecule has 0 bridgehead atoms. The van der Waals surface area contributed by atoms with Gasteiger partial charge in [0.05, 0.1) is 17.6 Å². The first kappa shape index (κ1) is 18.4. The van der Waals surface area contributed by atoms with Gasteiger partial charge in [0.1, 0.15) is 0 Å². The maximum Gasteiger partial charge on any atom is 0.242 e. The zero-order chi connectivity index (χ0) is 16.0. The van der Waals surface area contributed by atoms with Crippen molar-refractivity contribution in [2.45, 2.75) is 76.9 Å². The topological polar surface area (TPSA) is 86.8 Å². The molecule has 0 radical (unpaired) electrons. The summed E-state index contributed by atoms with van der Waals surface area (Å²) in [4.78, 5) is 12.1. The number of hydrogen-bond donors (Lipinski definition) is 3. The minimum absolute atomic E-state index is 0.261. The van der Waals surface area contributed by atoms with E-state index in [1.54, 1.807) is 13.8 Å². The Bertz CT molecular complexity index is 320. The van der Waals surface area contributed by atoms with Crippen molar-refractivity contribution in [3.8, 4) is 0 Å². The number of nitrogens with zero attached hydrogens (tertiary/aromatic N) is 1. The molecule has 0 spiro atoms. The zero-order valence-electron chi connectivity index (χ0n) is 13.7. The van der Waals surface area contributed by atoms with E-state index < -0.39 is 17.6 Å². The van der Waals surface area contributed by atoms with Gasteiger partial charge in [-0.1, -0.05) is 32.1 Å². The van der Waals surface area contributed by atoms with Crippen molar-refractivity contribution < 1.29 is 15.0 Å². The summed E-state index contributed by atoms with van der Waals surface area (Å²) in [6.07, 6.45) is 7.83. The molecule has 0 aliphatic heterocycles. The number of aliphatic hydroxyl groups is 2. The number of hydrogen-bond acceptors (Lipinski definition) is 4. The van der Waals surface area contributed by atoms with E-state index in [-0.39, 0.29) is 12.3 Å². The lowest BCUT2D eigenvalue weighted by atomic mass is 9.82. The molecule has 2 unspecified atom stereocenters. The van der Waals surface area contributed by atoms with E-state index in [0.29, 0.717) is 12.3 Å². The molecule has 124 valence electrons. The smallest absolute Gasteiger partial charge is 0.242 e. The van der Waals surface area contributed by atoms with Gasteiger partial charge >= 0.3 is 0 Å². The van der Waals surface area contributed by atoms with E-state index in [0.717, 1.165) is 11.4 Å². The van der Waals surface area contributed by atoms with Gasteiger partial charge in [-0.15, -0.1) is 0 Å². The fourth-order valence-electron chi connectivity index (χ4n) is 3.23. The van der Waals surface area contributed by atoms with Gasteiger partial charge in [-0.3, -0.25) is 9.80 Å². The number of hydrazine groups is 1. The van der Waals surface area contributed by atoms with Crippen LogP contribution in [0.3, 0.4) is 0 Å². The number of rotatable bonds is 7. The second kappa shape index (κ2) is 8.11. The summed E-state index contributed by atoms with van der Waals surface area (Å²) in [7, 11) is 1.47. The van der Waals surface area contributed by atoms with E-state index in [1.807, 2.05) is 0 Å². The molecule has 5 nitrogen and oxygen atoms in total. The summed E-state index contributed by atoms with van der Waals surface area (Å²) in [5.41, 5.74) is -1.18. The second-order valence-corrected chi connectivity index (χ2v) is 7.13. The fourth-order valence-corrected chi connectivity index (χ4v) is 3.23. The molecule has 4 N–H and O–H groups in total. The Morgan fingerprint density at radius 1 is 1.33 bits per heavy atom. The number of carbonyl (C=O) groups excluding carboxylic acids is 1. The van der Waals surface area contributed by atoms with Gasteiger partial charge in [-0.25, -0.2) is 5.84 Å². The van der Waals surface area contributed by atoms with Crippen molar-refractivity contribution >= 4 is 5.91 Å². The normalized spacial score (nSPS) is 20.1. The third kappa shape index (κ3) is 6.32. The third-order valence-electron chi connectivity index (χ3n) is 4.64. The van der Waals surface area contributed by atoms with E-state index >= 15 is 0 Å². The molecule has 1 rings (SSSR count). The molecule has 0 heterocycles. The Kier molecular flexibility index (Phi) is 7.10. The SMILES string of the molecule is CN(N)C(=O)C(CC(O)CCC1CCCCC1)C(C)(C)O. The van der Waals surface area contributed by atoms with Crippen molar-refractivity contribution in [3.63, 3.8) is 0 Å². The van der Waals surface area contributed by atoms with Crippen LogP contribution in [0.15, 0.2) is 0 Å². The minimum atomic E-state index is -1.18. The molecule has 1 aliphatic rings. The van der Waals surface area contributed by atoms with Crippen LogP contribution in [0.25, 0.3) is 0 Å². The van der Waals surface area contributed by atoms with Gasteiger partial charge in [-0.05, 0) is 39.0 Å². The maximum atomic E-state index is 12.1. The number of carbonyl (C=O) groups is 1. The molecule has 5 heteroatoms. The van der Waals surface area contributed by atoms with Crippen LogP contribution in [0.2, 0.25) is 0 Å². The van der Waals surface area contributed by atoms with Crippen LogP contribution in [0, 0.1) is 11.8 Å². The highest BCUT2D eigenvalue weighted by molar-refractivity contribution is 5.79. The predicted octanol–water partition coefficient (Wildman–Crippen LogP) is 1.82. The Labute approximate surface area is 128 Å². The molecular formula is C16H32N2O3. The minimum Gasteiger partial charge on any atom is -0.393 e. The summed E-state index contributed by atoms with van der Waals surface area (Å²) >= 11 is 0. The Hall–Kier alpha value is -0.650. The highest BCUT2D eigenvalue weighted by Crippen LogP contribution is 2.30. The summed E-state index contributed by atoms with van der Waals surface area (Å²) in [6, 6.07) is 0. The van der Waals surface area contributed by atoms with Gasteiger partial charge in [0.15, 0.2) is 0 Å². The van der Waals surface area contributed by atoms with Gasteiger partial charge in [0.2, 0.25) is 5.91 Å². The lowest BCUT2D eigenvalue weighted by Gasteiger charge is -2.32.